The van der Waals surface area contributed by atoms with E-state index >= 15 is 0 Å². The van der Waals surface area contributed by atoms with Crippen LogP contribution in [-0.2, 0) is 19.2 Å². The van der Waals surface area contributed by atoms with Crippen LogP contribution in [0, 0.1) is 5.92 Å². The van der Waals surface area contributed by atoms with Crippen LogP contribution in [0.4, 0.5) is 5.13 Å². The fourth-order valence-electron chi connectivity index (χ4n) is 5.49. The van der Waals surface area contributed by atoms with E-state index in [-0.39, 0.29) is 22.2 Å². The van der Waals surface area contributed by atoms with Crippen LogP contribution in [0.15, 0.2) is 21.8 Å². The fourth-order valence-corrected chi connectivity index (χ4v) is 7.37. The predicted molar refractivity (Wildman–Crippen MR) is 127 cm³/mol. The molecule has 6 rings (SSSR count). The van der Waals surface area contributed by atoms with Gasteiger partial charge in [-0.15, -0.1) is 23.1 Å². The summed E-state index contributed by atoms with van der Waals surface area (Å²) in [6.07, 6.45) is 3.58. The number of carbonyl (C=O) groups excluding carboxylic acids is 2. The molecule has 13 heteroatoms. The Hall–Kier alpha value is -2.64. The summed E-state index contributed by atoms with van der Waals surface area (Å²) in [4.78, 5) is 48.4. The van der Waals surface area contributed by atoms with Gasteiger partial charge in [-0.05, 0) is 25.2 Å². The molecule has 4 N–H and O–H groups in total. The number of thioether (sulfide) groups is 1. The van der Waals surface area contributed by atoms with Crippen molar-refractivity contribution in [2.75, 3.05) is 44.8 Å². The lowest BCUT2D eigenvalue weighted by Gasteiger charge is -2.52. The minimum absolute atomic E-state index is 0.0810. The summed E-state index contributed by atoms with van der Waals surface area (Å²) in [5.41, 5.74) is 6.70. The second-order valence-electron chi connectivity index (χ2n) is 9.21. The Morgan fingerprint density at radius 3 is 2.65 bits per heavy atom. The van der Waals surface area contributed by atoms with E-state index in [0.717, 1.165) is 46.9 Å². The number of hydrogen-bond acceptors (Lipinski definition) is 9. The van der Waals surface area contributed by atoms with Gasteiger partial charge in [-0.3, -0.25) is 14.5 Å². The summed E-state index contributed by atoms with van der Waals surface area (Å²) in [7, 11) is 1.30. The molecule has 1 aromatic rings. The number of rotatable bonds is 7. The third-order valence-corrected chi connectivity index (χ3v) is 9.27. The second-order valence-corrected chi connectivity index (χ2v) is 11.2. The molecule has 5 aliphatic rings. The fraction of sp³-hybridized carbons (Fsp3) is 0.571. The lowest BCUT2D eigenvalue weighted by Crippen LogP contribution is -2.71. The number of quaternary nitrogens is 1. The molecule has 0 radical (unpaired) electrons. The molecular formula is C21H27N6O5S2+. The monoisotopic (exact) mass is 507 g/mol. The number of hydrogen-bond donors (Lipinski definition) is 3. The molecule has 34 heavy (non-hydrogen) atoms. The molecule has 182 valence electrons. The lowest BCUT2D eigenvalue weighted by atomic mass is 9.85. The SMILES string of the molecule is CON=C(C(=O)NC1C(=O)N2C(C(=O)O)=C(C[N+]34CCC(CC3)CC4)CS[C@@H]12)c1csc(N)n1. The Labute approximate surface area is 204 Å². The Morgan fingerprint density at radius 2 is 2.06 bits per heavy atom. The molecule has 4 saturated heterocycles. The molecule has 1 unspecified atom stereocenters. The Bertz CT molecular complexity index is 1080. The average molecular weight is 508 g/mol. The first-order valence-electron chi connectivity index (χ1n) is 11.2. The van der Waals surface area contributed by atoms with Crippen molar-refractivity contribution in [2.24, 2.45) is 11.1 Å². The molecule has 4 fully saturated rings. The number of aromatic nitrogens is 1. The topological polar surface area (TPSA) is 147 Å². The van der Waals surface area contributed by atoms with Gasteiger partial charge in [0.15, 0.2) is 10.8 Å². The number of anilines is 1. The molecule has 2 amide bonds. The number of nitrogen functional groups attached to an aromatic ring is 1. The maximum atomic E-state index is 13.1. The summed E-state index contributed by atoms with van der Waals surface area (Å²) in [5.74, 6) is -0.831. The van der Waals surface area contributed by atoms with Gasteiger partial charge in [-0.25, -0.2) is 9.78 Å². The number of carboxylic acid groups (broad SMARTS) is 1. The van der Waals surface area contributed by atoms with E-state index < -0.39 is 29.2 Å². The number of carbonyl (C=O) groups is 3. The molecule has 0 spiro atoms. The van der Waals surface area contributed by atoms with Crippen LogP contribution in [0.3, 0.4) is 0 Å². The smallest absolute Gasteiger partial charge is 0.352 e. The van der Waals surface area contributed by atoms with Crippen molar-refractivity contribution in [2.45, 2.75) is 30.7 Å². The molecule has 1 aromatic heterocycles. The Balaban J connectivity index is 1.33. The van der Waals surface area contributed by atoms with Gasteiger partial charge >= 0.3 is 5.97 Å². The normalized spacial score (nSPS) is 30.6. The van der Waals surface area contributed by atoms with Gasteiger partial charge in [0, 0.05) is 16.7 Å². The van der Waals surface area contributed by atoms with Crippen LogP contribution in [0.5, 0.6) is 0 Å². The average Bonchev–Trinajstić information content (AvgIpc) is 3.27. The number of nitrogens with zero attached hydrogens (tertiary/aromatic N) is 4. The van der Waals surface area contributed by atoms with Gasteiger partial charge in [0.2, 0.25) is 0 Å². The molecule has 0 aromatic carbocycles. The number of fused-ring (bicyclic) bond motifs is 4. The largest absolute Gasteiger partial charge is 0.477 e. The number of aliphatic carboxylic acids is 1. The summed E-state index contributed by atoms with van der Waals surface area (Å²) in [5, 5.41) is 17.8. The van der Waals surface area contributed by atoms with Crippen LogP contribution in [0.1, 0.15) is 25.0 Å². The molecule has 5 aliphatic heterocycles. The van der Waals surface area contributed by atoms with E-state index in [1.54, 1.807) is 5.38 Å². The van der Waals surface area contributed by atoms with Gasteiger partial charge in [-0.1, -0.05) is 5.16 Å². The summed E-state index contributed by atoms with van der Waals surface area (Å²) >= 11 is 2.64. The van der Waals surface area contributed by atoms with Gasteiger partial charge < -0.3 is 25.5 Å². The van der Waals surface area contributed by atoms with E-state index in [2.05, 4.69) is 15.5 Å². The van der Waals surface area contributed by atoms with E-state index in [0.29, 0.717) is 12.3 Å². The number of piperidine rings is 3. The number of β-lactam (4-membered cyclic amide) rings is 1. The second kappa shape index (κ2) is 8.86. The van der Waals surface area contributed by atoms with E-state index in [1.165, 1.54) is 43.0 Å². The Morgan fingerprint density at radius 1 is 1.35 bits per heavy atom. The first-order chi connectivity index (χ1) is 16.3. The molecular weight excluding hydrogens is 480 g/mol. The number of oxime groups is 1. The lowest BCUT2D eigenvalue weighted by molar-refractivity contribution is -0.938. The highest BCUT2D eigenvalue weighted by atomic mass is 32.2. The van der Waals surface area contributed by atoms with Crippen LogP contribution >= 0.6 is 23.1 Å². The quantitative estimate of drug-likeness (QED) is 0.209. The number of thiazole rings is 1. The van der Waals surface area contributed by atoms with Crippen LogP contribution in [-0.4, -0.2) is 93.4 Å². The van der Waals surface area contributed by atoms with Gasteiger partial charge in [-0.2, -0.15) is 0 Å². The van der Waals surface area contributed by atoms with Gasteiger partial charge in [0.05, 0.1) is 19.6 Å². The zero-order valence-electron chi connectivity index (χ0n) is 18.7. The van der Waals surface area contributed by atoms with Crippen molar-refractivity contribution in [3.63, 3.8) is 0 Å². The molecule has 2 bridgehead atoms. The predicted octanol–water partition coefficient (Wildman–Crippen LogP) is 0.445. The van der Waals surface area contributed by atoms with Crippen molar-refractivity contribution in [3.8, 4) is 0 Å². The van der Waals surface area contributed by atoms with Crippen LogP contribution in [0.2, 0.25) is 0 Å². The molecule has 6 heterocycles. The number of nitrogens with two attached hydrogens (primary N) is 1. The summed E-state index contributed by atoms with van der Waals surface area (Å²) in [6, 6.07) is -0.857. The zero-order chi connectivity index (χ0) is 24.0. The zero-order valence-corrected chi connectivity index (χ0v) is 20.4. The number of nitrogens with one attached hydrogen (secondary N) is 1. The number of amides is 2. The first-order valence-corrected chi connectivity index (χ1v) is 13.1. The third kappa shape index (κ3) is 3.95. The molecule has 0 saturated carbocycles. The first kappa shape index (κ1) is 23.1. The minimum atomic E-state index is -1.09. The Kier molecular flexibility index (Phi) is 6.02. The number of carboxylic acids is 1. The third-order valence-electron chi connectivity index (χ3n) is 7.26. The van der Waals surface area contributed by atoms with Crippen molar-refractivity contribution in [1.29, 1.82) is 0 Å². The highest BCUT2D eigenvalue weighted by Crippen LogP contribution is 2.42. The van der Waals surface area contributed by atoms with Crippen molar-refractivity contribution in [3.05, 3.63) is 22.3 Å². The highest BCUT2D eigenvalue weighted by Gasteiger charge is 2.55. The van der Waals surface area contributed by atoms with Crippen molar-refractivity contribution >= 4 is 51.7 Å². The molecule has 11 nitrogen and oxygen atoms in total. The van der Waals surface area contributed by atoms with Crippen molar-refractivity contribution < 1.29 is 28.8 Å². The van der Waals surface area contributed by atoms with Crippen molar-refractivity contribution in [1.82, 2.24) is 15.2 Å². The summed E-state index contributed by atoms with van der Waals surface area (Å²) in [6.45, 7) is 3.89. The summed E-state index contributed by atoms with van der Waals surface area (Å²) < 4.78 is 0.920. The van der Waals surface area contributed by atoms with Gasteiger partial charge in [0.1, 0.15) is 36.5 Å². The maximum absolute atomic E-state index is 13.1. The minimum Gasteiger partial charge on any atom is -0.477 e. The van der Waals surface area contributed by atoms with E-state index in [1.807, 2.05) is 0 Å². The standard InChI is InChI=1S/C21H26N6O5S2/c1-32-25-14(13-10-34-21(22)23-13)17(28)24-15-18(29)26-16(20(30)31)12(9-33-19(15)26)8-27-5-2-11(3-6-27)4-7-27/h10-11,15,19H,2-9H2,1H3,(H3-,22,23,24,28,30,31)/p+1/t11?,15?,19-,27?/m0/s1. The van der Waals surface area contributed by atoms with E-state index in [4.69, 9.17) is 10.6 Å². The highest BCUT2D eigenvalue weighted by molar-refractivity contribution is 8.00. The molecule has 0 aliphatic carbocycles. The molecule has 2 atom stereocenters. The van der Waals surface area contributed by atoms with Crippen LogP contribution < -0.4 is 11.1 Å². The van der Waals surface area contributed by atoms with Gasteiger partial charge in [0.25, 0.3) is 11.8 Å². The van der Waals surface area contributed by atoms with E-state index in [9.17, 15) is 19.5 Å². The van der Waals surface area contributed by atoms with Crippen LogP contribution in [0.25, 0.3) is 0 Å². The maximum Gasteiger partial charge on any atom is 0.352 e.